The smallest absolute Gasteiger partial charge is 0.203 e. The molecule has 2 rings (SSSR count). The van der Waals surface area contributed by atoms with E-state index >= 15 is 0 Å². The van der Waals surface area contributed by atoms with E-state index in [1.54, 1.807) is 12.4 Å². The maximum Gasteiger partial charge on any atom is 0.203 e. The van der Waals surface area contributed by atoms with Gasteiger partial charge in [-0.15, -0.1) is 11.3 Å². The van der Waals surface area contributed by atoms with E-state index in [0.717, 1.165) is 10.9 Å². The first-order chi connectivity index (χ1) is 10.8. The van der Waals surface area contributed by atoms with Crippen LogP contribution in [0.3, 0.4) is 0 Å². The molecule has 124 valence electrons. The van der Waals surface area contributed by atoms with Crippen molar-refractivity contribution < 1.29 is 5.09 Å². The highest BCUT2D eigenvalue weighted by Gasteiger charge is 2.11. The van der Waals surface area contributed by atoms with Crippen molar-refractivity contribution in [2.45, 2.75) is 26.3 Å². The van der Waals surface area contributed by atoms with E-state index in [2.05, 4.69) is 25.6 Å². The Morgan fingerprint density at radius 2 is 1.91 bits per heavy atom. The van der Waals surface area contributed by atoms with Crippen LogP contribution in [0.2, 0.25) is 0 Å². The summed E-state index contributed by atoms with van der Waals surface area (Å²) in [6, 6.07) is 5.69. The molecule has 23 heavy (non-hydrogen) atoms. The molecule has 0 bridgehead atoms. The van der Waals surface area contributed by atoms with Gasteiger partial charge < -0.3 is 26.0 Å². The summed E-state index contributed by atoms with van der Waals surface area (Å²) in [5, 5.41) is 23.8. The molecule has 0 radical (unpaired) electrons. The Hall–Kier alpha value is -2.75. The van der Waals surface area contributed by atoms with Gasteiger partial charge in [0, 0.05) is 17.8 Å². The Bertz CT molecular complexity index is 621. The molecular weight excluding hydrogens is 320 g/mol. The lowest BCUT2D eigenvalue weighted by molar-refractivity contribution is -0.402. The summed E-state index contributed by atoms with van der Waals surface area (Å²) in [7, 11) is 0. The van der Waals surface area contributed by atoms with E-state index in [0.29, 0.717) is 5.96 Å². The fourth-order valence-corrected chi connectivity index (χ4v) is 1.89. The Labute approximate surface area is 137 Å². The normalized spacial score (nSPS) is 11.2. The second-order valence-electron chi connectivity index (χ2n) is 5.16. The number of hydrogen-bond donors (Lipinski definition) is 2. The molecule has 0 saturated carbocycles. The first kappa shape index (κ1) is 18.3. The van der Waals surface area contributed by atoms with Crippen molar-refractivity contribution in [3.8, 4) is 0 Å². The third-order valence-corrected chi connectivity index (χ3v) is 2.70. The highest BCUT2D eigenvalue weighted by atomic mass is 32.1. The summed E-state index contributed by atoms with van der Waals surface area (Å²) >= 11 is 1.52. The SMILES string of the molecule is CC(C)(C)N=C(Nc1ccccn1)Nc1nccs1.O=[N+]([O-])[O-]. The van der Waals surface area contributed by atoms with Crippen LogP contribution in [0, 0.1) is 15.3 Å². The molecule has 0 atom stereocenters. The first-order valence-electron chi connectivity index (χ1n) is 6.52. The van der Waals surface area contributed by atoms with Crippen LogP contribution in [-0.2, 0) is 0 Å². The molecule has 0 spiro atoms. The van der Waals surface area contributed by atoms with Crippen molar-refractivity contribution in [2.24, 2.45) is 4.99 Å². The lowest BCUT2D eigenvalue weighted by Gasteiger charge is -2.17. The standard InChI is InChI=1S/C13H17N5S.NO3/c1-13(2,3)18-11(17-12-15-8-9-19-12)16-10-6-4-5-7-14-10;2-1(3)4/h4-9H,1-3H3,(H2,14,15,16,17,18);/q;-1. The molecular formula is C13H17N6O3S-. The van der Waals surface area contributed by atoms with E-state index < -0.39 is 5.09 Å². The first-order valence-corrected chi connectivity index (χ1v) is 7.40. The molecule has 0 aliphatic carbocycles. The zero-order valence-corrected chi connectivity index (χ0v) is 13.7. The number of aliphatic imine (C=N–C) groups is 1. The van der Waals surface area contributed by atoms with Crippen LogP contribution in [0.25, 0.3) is 0 Å². The van der Waals surface area contributed by atoms with Gasteiger partial charge in [0.2, 0.25) is 5.96 Å². The molecule has 9 nitrogen and oxygen atoms in total. The van der Waals surface area contributed by atoms with E-state index in [1.165, 1.54) is 11.3 Å². The lowest BCUT2D eigenvalue weighted by atomic mass is 10.1. The fourth-order valence-electron chi connectivity index (χ4n) is 1.37. The molecule has 2 N–H and O–H groups in total. The van der Waals surface area contributed by atoms with Gasteiger partial charge in [0.25, 0.3) is 0 Å². The zero-order valence-electron chi connectivity index (χ0n) is 12.9. The van der Waals surface area contributed by atoms with E-state index in [9.17, 15) is 0 Å². The molecule has 2 heterocycles. The Kier molecular flexibility index (Phi) is 6.87. The van der Waals surface area contributed by atoms with Crippen LogP contribution < -0.4 is 10.6 Å². The third kappa shape index (κ3) is 8.98. The van der Waals surface area contributed by atoms with Gasteiger partial charge in [-0.3, -0.25) is 0 Å². The van der Waals surface area contributed by atoms with Crippen molar-refractivity contribution in [1.82, 2.24) is 9.97 Å². The Morgan fingerprint density at radius 1 is 1.22 bits per heavy atom. The second kappa shape index (κ2) is 8.63. The van der Waals surface area contributed by atoms with Crippen molar-refractivity contribution in [3.63, 3.8) is 0 Å². The molecule has 0 unspecified atom stereocenters. The molecule has 10 heteroatoms. The van der Waals surface area contributed by atoms with Gasteiger partial charge in [-0.1, -0.05) is 6.07 Å². The quantitative estimate of drug-likeness (QED) is 0.373. The maximum atomic E-state index is 8.25. The van der Waals surface area contributed by atoms with Gasteiger partial charge in [0.15, 0.2) is 5.13 Å². The van der Waals surface area contributed by atoms with Crippen molar-refractivity contribution in [2.75, 3.05) is 10.6 Å². The topological polar surface area (TPSA) is 128 Å². The van der Waals surface area contributed by atoms with Crippen LogP contribution in [0.15, 0.2) is 41.0 Å². The molecule has 2 aromatic rings. The number of nitrogens with zero attached hydrogens (tertiary/aromatic N) is 4. The van der Waals surface area contributed by atoms with E-state index in [-0.39, 0.29) is 5.54 Å². The van der Waals surface area contributed by atoms with Gasteiger partial charge in [0.1, 0.15) is 5.82 Å². The molecule has 0 saturated heterocycles. The largest absolute Gasteiger partial charge is 0.356 e. The summed E-state index contributed by atoms with van der Waals surface area (Å²) in [5.41, 5.74) is -0.193. The number of guanidine groups is 1. The zero-order chi connectivity index (χ0) is 17.3. The predicted molar refractivity (Wildman–Crippen MR) is 91.1 cm³/mol. The lowest BCUT2D eigenvalue weighted by Crippen LogP contribution is -2.27. The summed E-state index contributed by atoms with van der Waals surface area (Å²) in [6.45, 7) is 6.11. The predicted octanol–water partition coefficient (Wildman–Crippen LogP) is 2.98. The van der Waals surface area contributed by atoms with Crippen molar-refractivity contribution in [1.29, 1.82) is 0 Å². The van der Waals surface area contributed by atoms with Crippen LogP contribution in [0.4, 0.5) is 10.9 Å². The minimum atomic E-state index is -1.75. The Morgan fingerprint density at radius 3 is 2.39 bits per heavy atom. The molecule has 0 aromatic carbocycles. The second-order valence-corrected chi connectivity index (χ2v) is 6.05. The summed E-state index contributed by atoms with van der Waals surface area (Å²) in [6.07, 6.45) is 3.49. The number of thiazole rings is 1. The third-order valence-electron chi connectivity index (χ3n) is 2.02. The van der Waals surface area contributed by atoms with Gasteiger partial charge in [0.05, 0.1) is 10.6 Å². The van der Waals surface area contributed by atoms with Crippen molar-refractivity contribution in [3.05, 3.63) is 51.3 Å². The molecule has 0 aliphatic rings. The van der Waals surface area contributed by atoms with Crippen LogP contribution >= 0.6 is 11.3 Å². The van der Waals surface area contributed by atoms with Gasteiger partial charge in [-0.05, 0) is 32.9 Å². The minimum absolute atomic E-state index is 0.193. The summed E-state index contributed by atoms with van der Waals surface area (Å²) in [5.74, 6) is 1.38. The summed E-state index contributed by atoms with van der Waals surface area (Å²) < 4.78 is 0. The number of hydrogen-bond acceptors (Lipinski definition) is 7. The maximum absolute atomic E-state index is 8.25. The monoisotopic (exact) mass is 337 g/mol. The van der Waals surface area contributed by atoms with E-state index in [1.807, 2.05) is 44.4 Å². The number of aromatic nitrogens is 2. The number of anilines is 2. The van der Waals surface area contributed by atoms with Crippen molar-refractivity contribution >= 4 is 28.2 Å². The fraction of sp³-hybridized carbons (Fsp3) is 0.308. The molecule has 0 aliphatic heterocycles. The number of pyridine rings is 1. The van der Waals surface area contributed by atoms with Gasteiger partial charge in [-0.25, -0.2) is 15.0 Å². The van der Waals surface area contributed by atoms with E-state index in [4.69, 9.17) is 15.3 Å². The average Bonchev–Trinajstić information content (AvgIpc) is 2.90. The minimum Gasteiger partial charge on any atom is -0.356 e. The van der Waals surface area contributed by atoms with Crippen LogP contribution in [-0.4, -0.2) is 26.6 Å². The molecule has 0 amide bonds. The average molecular weight is 337 g/mol. The Balaban J connectivity index is 0.000000593. The van der Waals surface area contributed by atoms with Crippen LogP contribution in [0.5, 0.6) is 0 Å². The molecule has 2 aromatic heterocycles. The molecule has 0 fully saturated rings. The highest BCUT2D eigenvalue weighted by Crippen LogP contribution is 2.13. The highest BCUT2D eigenvalue weighted by molar-refractivity contribution is 7.13. The van der Waals surface area contributed by atoms with Crippen LogP contribution in [0.1, 0.15) is 20.8 Å². The number of rotatable bonds is 2. The van der Waals surface area contributed by atoms with Gasteiger partial charge >= 0.3 is 0 Å². The number of nitrogens with one attached hydrogen (secondary N) is 2. The van der Waals surface area contributed by atoms with Gasteiger partial charge in [-0.2, -0.15) is 0 Å². The summed E-state index contributed by atoms with van der Waals surface area (Å²) in [4.78, 5) is 21.3.